The number of nitrogens with zero attached hydrogens (tertiary/aromatic N) is 2. The monoisotopic (exact) mass is 335 g/mol. The lowest BCUT2D eigenvalue weighted by atomic mass is 10.1. The number of halogens is 1. The van der Waals surface area contributed by atoms with Crippen LogP contribution in [-0.4, -0.2) is 16.6 Å². The zero-order valence-electron chi connectivity index (χ0n) is 11.6. The highest BCUT2D eigenvalue weighted by molar-refractivity contribution is 9.10. The van der Waals surface area contributed by atoms with Crippen LogP contribution in [0.1, 0.15) is 31.9 Å². The highest BCUT2D eigenvalue weighted by atomic mass is 79.9. The molecule has 0 aliphatic carbocycles. The van der Waals surface area contributed by atoms with Crippen molar-refractivity contribution in [2.75, 3.05) is 11.9 Å². The van der Waals surface area contributed by atoms with Crippen LogP contribution in [0.15, 0.2) is 41.1 Å². The van der Waals surface area contributed by atoms with Crippen LogP contribution in [0.3, 0.4) is 0 Å². The molecule has 0 amide bonds. The van der Waals surface area contributed by atoms with E-state index in [1.807, 2.05) is 18.2 Å². The second kappa shape index (κ2) is 7.24. The van der Waals surface area contributed by atoms with Crippen molar-refractivity contribution in [1.29, 1.82) is 0 Å². The summed E-state index contributed by atoms with van der Waals surface area (Å²) in [5, 5.41) is 3.35. The number of anilines is 1. The minimum Gasteiger partial charge on any atom is -0.478 e. The lowest BCUT2D eigenvalue weighted by Gasteiger charge is -2.15. The summed E-state index contributed by atoms with van der Waals surface area (Å²) in [4.78, 5) is 8.31. The molecule has 5 heteroatoms. The van der Waals surface area contributed by atoms with Crippen molar-refractivity contribution in [3.05, 3.63) is 46.7 Å². The van der Waals surface area contributed by atoms with Gasteiger partial charge in [0.05, 0.1) is 6.61 Å². The number of benzene rings is 1. The van der Waals surface area contributed by atoms with E-state index in [0.29, 0.717) is 12.5 Å². The smallest absolute Gasteiger partial charge is 0.218 e. The Bertz CT molecular complexity index is 545. The second-order valence-corrected chi connectivity index (χ2v) is 5.42. The molecule has 1 aromatic heterocycles. The third-order valence-electron chi connectivity index (χ3n) is 2.83. The van der Waals surface area contributed by atoms with Crippen LogP contribution < -0.4 is 10.1 Å². The fraction of sp³-hybridized carbons (Fsp3) is 0.333. The van der Waals surface area contributed by atoms with Crippen molar-refractivity contribution in [3.8, 4) is 5.88 Å². The Morgan fingerprint density at radius 2 is 2.00 bits per heavy atom. The fourth-order valence-corrected chi connectivity index (χ4v) is 2.02. The molecule has 1 heterocycles. The Hall–Kier alpha value is -1.62. The van der Waals surface area contributed by atoms with Gasteiger partial charge >= 0.3 is 0 Å². The number of rotatable bonds is 6. The molecule has 0 spiro atoms. The lowest BCUT2D eigenvalue weighted by Crippen LogP contribution is -2.08. The van der Waals surface area contributed by atoms with Gasteiger partial charge in [0.2, 0.25) is 5.88 Å². The highest BCUT2D eigenvalue weighted by Gasteiger charge is 2.07. The van der Waals surface area contributed by atoms with Crippen molar-refractivity contribution in [1.82, 2.24) is 9.97 Å². The summed E-state index contributed by atoms with van der Waals surface area (Å²) in [5.74, 6) is 1.37. The topological polar surface area (TPSA) is 47.0 Å². The van der Waals surface area contributed by atoms with E-state index in [9.17, 15) is 0 Å². The molecule has 2 rings (SSSR count). The number of nitrogens with one attached hydrogen (secondary N) is 1. The molecule has 0 saturated heterocycles. The minimum atomic E-state index is 0.164. The summed E-state index contributed by atoms with van der Waals surface area (Å²) in [7, 11) is 0. The molecule has 1 N–H and O–H groups in total. The van der Waals surface area contributed by atoms with E-state index in [-0.39, 0.29) is 6.04 Å². The Morgan fingerprint density at radius 3 is 2.70 bits per heavy atom. The molecule has 2 aromatic rings. The van der Waals surface area contributed by atoms with Gasteiger partial charge in [-0.3, -0.25) is 0 Å². The third-order valence-corrected chi connectivity index (χ3v) is 3.36. The molecular weight excluding hydrogens is 318 g/mol. The standard InChI is InChI=1S/C15H18BrN3O/c1-3-8-20-15-9-14(17-10-18-15)19-11(2)12-4-6-13(16)7-5-12/h4-7,9-11H,3,8H2,1-2H3,(H,17,18,19). The second-order valence-electron chi connectivity index (χ2n) is 4.51. The normalized spacial score (nSPS) is 11.9. The molecule has 1 atom stereocenters. The van der Waals surface area contributed by atoms with Gasteiger partial charge in [-0.25, -0.2) is 9.97 Å². The first-order chi connectivity index (χ1) is 9.69. The van der Waals surface area contributed by atoms with Gasteiger partial charge in [0.1, 0.15) is 12.1 Å². The zero-order valence-corrected chi connectivity index (χ0v) is 13.2. The number of hydrogen-bond acceptors (Lipinski definition) is 4. The molecule has 0 aliphatic heterocycles. The molecule has 0 fully saturated rings. The summed E-state index contributed by atoms with van der Waals surface area (Å²) >= 11 is 3.44. The van der Waals surface area contributed by atoms with E-state index in [4.69, 9.17) is 4.74 Å². The van der Waals surface area contributed by atoms with Crippen LogP contribution >= 0.6 is 15.9 Å². The fourth-order valence-electron chi connectivity index (χ4n) is 1.76. The lowest BCUT2D eigenvalue weighted by molar-refractivity contribution is 0.305. The SMILES string of the molecule is CCCOc1cc(NC(C)c2ccc(Br)cc2)ncn1. The van der Waals surface area contributed by atoms with Crippen molar-refractivity contribution >= 4 is 21.7 Å². The first-order valence-corrected chi connectivity index (χ1v) is 7.45. The average molecular weight is 336 g/mol. The Morgan fingerprint density at radius 1 is 1.25 bits per heavy atom. The molecule has 106 valence electrons. The van der Waals surface area contributed by atoms with E-state index < -0.39 is 0 Å². The van der Waals surface area contributed by atoms with E-state index in [2.05, 4.69) is 57.2 Å². The predicted molar refractivity (Wildman–Crippen MR) is 84.0 cm³/mol. The maximum absolute atomic E-state index is 5.50. The molecule has 1 unspecified atom stereocenters. The van der Waals surface area contributed by atoms with Crippen molar-refractivity contribution in [3.63, 3.8) is 0 Å². The molecule has 0 saturated carbocycles. The van der Waals surface area contributed by atoms with Crippen LogP contribution in [0.4, 0.5) is 5.82 Å². The van der Waals surface area contributed by atoms with Crippen LogP contribution in [0.25, 0.3) is 0 Å². The number of ether oxygens (including phenoxy) is 1. The van der Waals surface area contributed by atoms with Gasteiger partial charge in [-0.05, 0) is 31.0 Å². The number of aromatic nitrogens is 2. The summed E-state index contributed by atoms with van der Waals surface area (Å²) in [5.41, 5.74) is 1.20. The van der Waals surface area contributed by atoms with Gasteiger partial charge in [-0.2, -0.15) is 0 Å². The van der Waals surface area contributed by atoms with Gasteiger partial charge in [-0.15, -0.1) is 0 Å². The zero-order chi connectivity index (χ0) is 14.4. The maximum atomic E-state index is 5.50. The average Bonchev–Trinajstić information content (AvgIpc) is 2.46. The summed E-state index contributed by atoms with van der Waals surface area (Å²) in [6.45, 7) is 4.83. The van der Waals surface area contributed by atoms with E-state index in [1.54, 1.807) is 0 Å². The molecule has 0 aliphatic rings. The minimum absolute atomic E-state index is 0.164. The van der Waals surface area contributed by atoms with Crippen molar-refractivity contribution < 1.29 is 4.74 Å². The maximum Gasteiger partial charge on any atom is 0.218 e. The Balaban J connectivity index is 2.03. The summed E-state index contributed by atoms with van der Waals surface area (Å²) in [6, 6.07) is 10.2. The summed E-state index contributed by atoms with van der Waals surface area (Å²) < 4.78 is 6.58. The van der Waals surface area contributed by atoms with Gasteiger partial charge in [0, 0.05) is 16.6 Å². The Labute approximate surface area is 127 Å². The number of hydrogen-bond donors (Lipinski definition) is 1. The van der Waals surface area contributed by atoms with Crippen LogP contribution in [0.5, 0.6) is 5.88 Å². The third kappa shape index (κ3) is 4.20. The van der Waals surface area contributed by atoms with E-state index >= 15 is 0 Å². The molecule has 0 bridgehead atoms. The van der Waals surface area contributed by atoms with Crippen LogP contribution in [0, 0.1) is 0 Å². The van der Waals surface area contributed by atoms with Gasteiger partial charge < -0.3 is 10.1 Å². The Kier molecular flexibility index (Phi) is 5.35. The van der Waals surface area contributed by atoms with Gasteiger partial charge in [-0.1, -0.05) is 35.0 Å². The largest absolute Gasteiger partial charge is 0.478 e. The van der Waals surface area contributed by atoms with E-state index in [1.165, 1.54) is 11.9 Å². The van der Waals surface area contributed by atoms with Gasteiger partial charge in [0.25, 0.3) is 0 Å². The summed E-state index contributed by atoms with van der Waals surface area (Å²) in [6.07, 6.45) is 2.48. The molecular formula is C15H18BrN3O. The van der Waals surface area contributed by atoms with Crippen molar-refractivity contribution in [2.45, 2.75) is 26.3 Å². The van der Waals surface area contributed by atoms with E-state index in [0.717, 1.165) is 16.7 Å². The molecule has 1 aromatic carbocycles. The van der Waals surface area contributed by atoms with Gasteiger partial charge in [0.15, 0.2) is 0 Å². The predicted octanol–water partition coefficient (Wildman–Crippen LogP) is 4.20. The highest BCUT2D eigenvalue weighted by Crippen LogP contribution is 2.21. The van der Waals surface area contributed by atoms with Crippen molar-refractivity contribution in [2.24, 2.45) is 0 Å². The van der Waals surface area contributed by atoms with Crippen LogP contribution in [0.2, 0.25) is 0 Å². The van der Waals surface area contributed by atoms with Crippen LogP contribution in [-0.2, 0) is 0 Å². The molecule has 20 heavy (non-hydrogen) atoms. The molecule has 0 radical (unpaired) electrons. The first-order valence-electron chi connectivity index (χ1n) is 6.66. The first kappa shape index (κ1) is 14.8. The molecule has 4 nitrogen and oxygen atoms in total. The quantitative estimate of drug-likeness (QED) is 0.859.